The van der Waals surface area contributed by atoms with E-state index in [1.807, 2.05) is 0 Å². The second-order valence-corrected chi connectivity index (χ2v) is 6.23. The van der Waals surface area contributed by atoms with E-state index in [2.05, 4.69) is 10.6 Å². The summed E-state index contributed by atoms with van der Waals surface area (Å²) in [6.45, 7) is 3.68. The molecule has 0 aromatic heterocycles. The van der Waals surface area contributed by atoms with Crippen molar-refractivity contribution >= 4 is 28.5 Å². The topological polar surface area (TPSA) is 95.5 Å². The van der Waals surface area contributed by atoms with Gasteiger partial charge in [0.2, 0.25) is 0 Å². The maximum absolute atomic E-state index is 11.7. The maximum atomic E-state index is 11.7. The van der Waals surface area contributed by atoms with Gasteiger partial charge in [0.15, 0.2) is 0 Å². The molecule has 6 nitrogen and oxygen atoms in total. The predicted octanol–water partition coefficient (Wildman–Crippen LogP) is 1.58. The van der Waals surface area contributed by atoms with Crippen molar-refractivity contribution in [3.05, 3.63) is 29.3 Å². The van der Waals surface area contributed by atoms with Crippen LogP contribution in [0.15, 0.2) is 18.2 Å². The van der Waals surface area contributed by atoms with Crippen LogP contribution in [0.1, 0.15) is 22.8 Å². The third kappa shape index (κ3) is 4.34. The van der Waals surface area contributed by atoms with Gasteiger partial charge in [-0.1, -0.05) is 6.07 Å². The van der Waals surface area contributed by atoms with Crippen molar-refractivity contribution in [1.29, 1.82) is 0 Å². The molecule has 0 fully saturated rings. The minimum atomic E-state index is -1.04. The first kappa shape index (κ1) is 16.2. The van der Waals surface area contributed by atoms with Gasteiger partial charge in [0, 0.05) is 34.5 Å². The molecule has 20 heavy (non-hydrogen) atoms. The summed E-state index contributed by atoms with van der Waals surface area (Å²) >= 11 is 0. The van der Waals surface area contributed by atoms with Crippen LogP contribution in [0.5, 0.6) is 0 Å². The fourth-order valence-electron chi connectivity index (χ4n) is 1.52. The summed E-state index contributed by atoms with van der Waals surface area (Å²) in [5, 5.41) is 14.0. The van der Waals surface area contributed by atoms with Gasteiger partial charge in [-0.2, -0.15) is 0 Å². The highest BCUT2D eigenvalue weighted by Gasteiger charge is 2.13. The van der Waals surface area contributed by atoms with Gasteiger partial charge >= 0.3 is 12.0 Å². The first-order valence-electron chi connectivity index (χ1n) is 6.03. The van der Waals surface area contributed by atoms with E-state index in [9.17, 15) is 13.8 Å². The van der Waals surface area contributed by atoms with Crippen molar-refractivity contribution in [2.24, 2.45) is 0 Å². The van der Waals surface area contributed by atoms with E-state index in [4.69, 9.17) is 5.11 Å². The summed E-state index contributed by atoms with van der Waals surface area (Å²) in [5.74, 6) is -1.04. The van der Waals surface area contributed by atoms with Crippen molar-refractivity contribution in [3.63, 3.8) is 0 Å². The molecule has 0 aliphatic rings. The number of hydrogen-bond donors (Lipinski definition) is 3. The highest BCUT2D eigenvalue weighted by atomic mass is 32.2. The van der Waals surface area contributed by atoms with Crippen LogP contribution in [0.2, 0.25) is 0 Å². The molecule has 7 heteroatoms. The van der Waals surface area contributed by atoms with Crippen LogP contribution < -0.4 is 10.6 Å². The lowest BCUT2D eigenvalue weighted by Gasteiger charge is -2.13. The number of rotatable bonds is 5. The molecule has 110 valence electrons. The van der Waals surface area contributed by atoms with Gasteiger partial charge in [-0.15, -0.1) is 0 Å². The zero-order valence-corrected chi connectivity index (χ0v) is 12.4. The van der Waals surface area contributed by atoms with Crippen molar-refractivity contribution in [1.82, 2.24) is 5.32 Å². The Balaban J connectivity index is 2.69. The molecular formula is C13H18N2O4S. The van der Waals surface area contributed by atoms with Gasteiger partial charge < -0.3 is 15.7 Å². The third-order valence-electron chi connectivity index (χ3n) is 2.93. The summed E-state index contributed by atoms with van der Waals surface area (Å²) < 4.78 is 11.2. The van der Waals surface area contributed by atoms with E-state index < -0.39 is 22.8 Å². The molecule has 0 aliphatic carbocycles. The Morgan fingerprint density at radius 1 is 1.40 bits per heavy atom. The summed E-state index contributed by atoms with van der Waals surface area (Å²) in [6, 6.07) is 4.22. The lowest BCUT2D eigenvalue weighted by Crippen LogP contribution is -2.35. The van der Waals surface area contributed by atoms with Crippen LogP contribution in [0, 0.1) is 6.92 Å². The van der Waals surface area contributed by atoms with Crippen LogP contribution in [0.4, 0.5) is 10.5 Å². The van der Waals surface area contributed by atoms with Crippen LogP contribution >= 0.6 is 0 Å². The number of amides is 2. The van der Waals surface area contributed by atoms with Crippen molar-refractivity contribution < 1.29 is 18.9 Å². The van der Waals surface area contributed by atoms with Crippen molar-refractivity contribution in [3.8, 4) is 0 Å². The zero-order valence-electron chi connectivity index (χ0n) is 11.6. The molecule has 2 atom stereocenters. The molecule has 1 aromatic carbocycles. The van der Waals surface area contributed by atoms with E-state index in [-0.39, 0.29) is 17.4 Å². The molecule has 1 rings (SSSR count). The molecule has 3 N–H and O–H groups in total. The number of urea groups is 1. The second kappa shape index (κ2) is 7.04. The van der Waals surface area contributed by atoms with Gasteiger partial charge in [0.05, 0.1) is 5.56 Å². The number of carboxylic acid groups (broad SMARTS) is 1. The smallest absolute Gasteiger partial charge is 0.336 e. The minimum absolute atomic E-state index is 0.144. The van der Waals surface area contributed by atoms with Gasteiger partial charge in [-0.3, -0.25) is 4.21 Å². The monoisotopic (exact) mass is 298 g/mol. The first-order chi connectivity index (χ1) is 9.32. The first-order valence-corrected chi connectivity index (χ1v) is 7.65. The molecular weight excluding hydrogens is 280 g/mol. The Hall–Kier alpha value is -1.89. The normalized spacial score (nSPS) is 13.3. The summed E-state index contributed by atoms with van der Waals surface area (Å²) in [7, 11) is -1.01. The molecule has 0 aliphatic heterocycles. The van der Waals surface area contributed by atoms with E-state index in [1.54, 1.807) is 32.2 Å². The van der Waals surface area contributed by atoms with Crippen LogP contribution in [-0.2, 0) is 10.8 Å². The molecule has 2 amide bonds. The van der Waals surface area contributed by atoms with Gasteiger partial charge in [-0.05, 0) is 31.5 Å². The number of anilines is 1. The molecule has 0 bridgehead atoms. The van der Waals surface area contributed by atoms with Gasteiger partial charge in [-0.25, -0.2) is 9.59 Å². The Kier molecular flexibility index (Phi) is 5.69. The molecule has 0 heterocycles. The third-order valence-corrected chi connectivity index (χ3v) is 4.23. The largest absolute Gasteiger partial charge is 0.478 e. The standard InChI is InChI=1S/C13H18N2O4S/c1-8(20(3)19)7-14-13(18)15-11-6-4-5-10(9(11)2)12(16)17/h4-6,8H,7H2,1-3H3,(H,16,17)(H2,14,15,18). The number of carbonyl (C=O) groups is 2. The highest BCUT2D eigenvalue weighted by molar-refractivity contribution is 7.84. The SMILES string of the molecule is Cc1c(NC(=O)NCC(C)S(C)=O)cccc1C(=O)O. The fourth-order valence-corrected chi connectivity index (χ4v) is 1.84. The summed E-state index contributed by atoms with van der Waals surface area (Å²) in [4.78, 5) is 22.7. The Morgan fingerprint density at radius 2 is 2.05 bits per heavy atom. The van der Waals surface area contributed by atoms with E-state index in [0.717, 1.165) is 0 Å². The average Bonchev–Trinajstić information content (AvgIpc) is 2.37. The van der Waals surface area contributed by atoms with Crippen LogP contribution in [0.3, 0.4) is 0 Å². The fraction of sp³-hybridized carbons (Fsp3) is 0.385. The molecule has 0 spiro atoms. The van der Waals surface area contributed by atoms with E-state index in [1.165, 1.54) is 6.07 Å². The molecule has 2 unspecified atom stereocenters. The Morgan fingerprint density at radius 3 is 2.60 bits per heavy atom. The quantitative estimate of drug-likeness (QED) is 0.769. The Bertz CT molecular complexity index is 545. The number of hydrogen-bond acceptors (Lipinski definition) is 3. The molecule has 0 saturated heterocycles. The highest BCUT2D eigenvalue weighted by Crippen LogP contribution is 2.18. The maximum Gasteiger partial charge on any atom is 0.336 e. The number of benzene rings is 1. The minimum Gasteiger partial charge on any atom is -0.478 e. The van der Waals surface area contributed by atoms with Gasteiger partial charge in [0.1, 0.15) is 0 Å². The molecule has 0 radical (unpaired) electrons. The Labute approximate surface area is 120 Å². The predicted molar refractivity (Wildman–Crippen MR) is 78.7 cm³/mol. The number of nitrogens with one attached hydrogen (secondary N) is 2. The zero-order chi connectivity index (χ0) is 15.3. The molecule has 1 aromatic rings. The average molecular weight is 298 g/mol. The van der Waals surface area contributed by atoms with E-state index in [0.29, 0.717) is 11.3 Å². The summed E-state index contributed by atoms with van der Waals surface area (Å²) in [5.41, 5.74) is 1.07. The van der Waals surface area contributed by atoms with E-state index >= 15 is 0 Å². The number of carbonyl (C=O) groups excluding carboxylic acids is 1. The summed E-state index contributed by atoms with van der Waals surface area (Å²) in [6.07, 6.45) is 1.57. The lowest BCUT2D eigenvalue weighted by atomic mass is 10.1. The number of carboxylic acids is 1. The van der Waals surface area contributed by atoms with Crippen LogP contribution in [-0.4, -0.2) is 39.4 Å². The lowest BCUT2D eigenvalue weighted by molar-refractivity contribution is 0.0696. The molecule has 0 saturated carbocycles. The van der Waals surface area contributed by atoms with Crippen molar-refractivity contribution in [2.45, 2.75) is 19.1 Å². The van der Waals surface area contributed by atoms with Crippen molar-refractivity contribution in [2.75, 3.05) is 18.1 Å². The number of aromatic carboxylic acids is 1. The van der Waals surface area contributed by atoms with Crippen LogP contribution in [0.25, 0.3) is 0 Å². The second-order valence-electron chi connectivity index (χ2n) is 4.43. The van der Waals surface area contributed by atoms with Gasteiger partial charge in [0.25, 0.3) is 0 Å².